The molecule has 170 valence electrons. The van der Waals surface area contributed by atoms with Gasteiger partial charge in [-0.3, -0.25) is 4.79 Å². The molecule has 1 saturated heterocycles. The number of hydrogen-bond donors (Lipinski definition) is 0. The molecule has 0 spiro atoms. The number of nitrogens with zero attached hydrogens (tertiary/aromatic N) is 1. The molecule has 0 unspecified atom stereocenters. The highest BCUT2D eigenvalue weighted by Crippen LogP contribution is 2.62. The van der Waals surface area contributed by atoms with Gasteiger partial charge in [-0.25, -0.2) is 0 Å². The van der Waals surface area contributed by atoms with Crippen LogP contribution in [-0.4, -0.2) is 17.9 Å². The van der Waals surface area contributed by atoms with Crippen molar-refractivity contribution in [2.24, 2.45) is 0 Å². The normalized spacial score (nSPS) is 19.5. The maximum absolute atomic E-state index is 14.2. The number of hydrogen-bond acceptors (Lipinski definition) is 3. The fraction of sp³-hybridized carbons (Fsp3) is 0.138. The zero-order valence-corrected chi connectivity index (χ0v) is 20.3. The molecule has 3 nitrogen and oxygen atoms in total. The fourth-order valence-electron chi connectivity index (χ4n) is 4.65. The summed E-state index contributed by atoms with van der Waals surface area (Å²) in [5.41, 5.74) is 3.00. The van der Waals surface area contributed by atoms with Crippen molar-refractivity contribution < 1.29 is 9.53 Å². The van der Waals surface area contributed by atoms with E-state index >= 15 is 0 Å². The van der Waals surface area contributed by atoms with Gasteiger partial charge in [0.05, 0.1) is 13.2 Å². The minimum Gasteiger partial charge on any atom is -0.496 e. The zero-order valence-electron chi connectivity index (χ0n) is 18.7. The molecular weight excluding hydrogens is 462 g/mol. The van der Waals surface area contributed by atoms with Gasteiger partial charge in [-0.15, -0.1) is 11.8 Å². The molecule has 1 heterocycles. The van der Waals surface area contributed by atoms with Crippen molar-refractivity contribution in [2.75, 3.05) is 7.11 Å². The molecule has 1 fully saturated rings. The van der Waals surface area contributed by atoms with Crippen LogP contribution in [0.4, 0.5) is 0 Å². The molecule has 0 aliphatic carbocycles. The van der Waals surface area contributed by atoms with E-state index in [-0.39, 0.29) is 11.9 Å². The largest absolute Gasteiger partial charge is 0.496 e. The summed E-state index contributed by atoms with van der Waals surface area (Å²) in [5.74, 6) is 0.771. The van der Waals surface area contributed by atoms with Gasteiger partial charge < -0.3 is 9.64 Å². The maximum atomic E-state index is 14.2. The summed E-state index contributed by atoms with van der Waals surface area (Å²) < 4.78 is 4.89. The SMILES string of the molecule is COc1ccccc1[C@@]1(Sc2ccccc2)C(=O)N(Cc2ccccc2)[C@@H]1c1ccc(Cl)cc1. The first-order chi connectivity index (χ1) is 16.6. The highest BCUT2D eigenvalue weighted by atomic mass is 35.5. The second kappa shape index (κ2) is 9.57. The lowest BCUT2D eigenvalue weighted by Crippen LogP contribution is -2.64. The lowest BCUT2D eigenvalue weighted by Gasteiger charge is -2.56. The lowest BCUT2D eigenvalue weighted by molar-refractivity contribution is -0.154. The minimum atomic E-state index is -0.878. The quantitative estimate of drug-likeness (QED) is 0.261. The molecule has 0 radical (unpaired) electrons. The van der Waals surface area contributed by atoms with Crippen molar-refractivity contribution in [3.63, 3.8) is 0 Å². The number of carbonyl (C=O) groups is 1. The van der Waals surface area contributed by atoms with Crippen LogP contribution in [0.2, 0.25) is 5.02 Å². The number of benzene rings is 4. The van der Waals surface area contributed by atoms with Gasteiger partial charge in [0.1, 0.15) is 5.75 Å². The molecule has 2 atom stereocenters. The Balaban J connectivity index is 1.69. The number of β-lactam (4-membered cyclic amide) rings is 1. The van der Waals surface area contributed by atoms with Crippen LogP contribution in [-0.2, 0) is 16.1 Å². The Labute approximate surface area is 209 Å². The summed E-state index contributed by atoms with van der Waals surface area (Å²) in [7, 11) is 1.65. The monoisotopic (exact) mass is 485 g/mol. The van der Waals surface area contributed by atoms with E-state index in [1.807, 2.05) is 102 Å². The summed E-state index contributed by atoms with van der Waals surface area (Å²) in [5, 5.41) is 0.669. The van der Waals surface area contributed by atoms with Crippen LogP contribution in [0.5, 0.6) is 5.75 Å². The predicted molar refractivity (Wildman–Crippen MR) is 138 cm³/mol. The van der Waals surface area contributed by atoms with Crippen LogP contribution in [0.15, 0.2) is 114 Å². The van der Waals surface area contributed by atoms with Gasteiger partial charge >= 0.3 is 0 Å². The second-order valence-electron chi connectivity index (χ2n) is 8.22. The van der Waals surface area contributed by atoms with Crippen LogP contribution in [0.1, 0.15) is 22.7 Å². The van der Waals surface area contributed by atoms with Gasteiger partial charge in [-0.05, 0) is 41.5 Å². The summed E-state index contributed by atoms with van der Waals surface area (Å²) in [6, 6.07) is 35.6. The Morgan fingerprint density at radius 1 is 0.853 bits per heavy atom. The number of rotatable bonds is 7. The lowest BCUT2D eigenvalue weighted by atomic mass is 9.76. The van der Waals surface area contributed by atoms with Crippen LogP contribution < -0.4 is 4.74 Å². The molecule has 0 saturated carbocycles. The van der Waals surface area contributed by atoms with Crippen LogP contribution >= 0.6 is 23.4 Å². The molecule has 1 aliphatic heterocycles. The Hall–Kier alpha value is -3.21. The van der Waals surface area contributed by atoms with E-state index in [2.05, 4.69) is 12.1 Å². The standard InChI is InChI=1S/C29H24ClNO2S/c1-33-26-15-9-8-14-25(26)29(34-24-12-6-3-7-13-24)27(22-16-18-23(30)19-17-22)31(28(29)32)20-21-10-4-2-5-11-21/h2-19,27H,20H2,1H3/t27-,29+/m1/s1. The first-order valence-electron chi connectivity index (χ1n) is 11.1. The van der Waals surface area contributed by atoms with Crippen LogP contribution in [0, 0.1) is 0 Å². The smallest absolute Gasteiger partial charge is 0.247 e. The molecule has 5 rings (SSSR count). The molecule has 0 bridgehead atoms. The van der Waals surface area contributed by atoms with Crippen molar-refractivity contribution in [1.29, 1.82) is 0 Å². The zero-order chi connectivity index (χ0) is 23.5. The van der Waals surface area contributed by atoms with E-state index in [9.17, 15) is 4.79 Å². The highest BCUT2D eigenvalue weighted by Gasteiger charge is 2.63. The molecular formula is C29H24ClNO2S. The summed E-state index contributed by atoms with van der Waals surface area (Å²) in [4.78, 5) is 17.2. The summed E-state index contributed by atoms with van der Waals surface area (Å²) >= 11 is 7.82. The molecule has 5 heteroatoms. The van der Waals surface area contributed by atoms with E-state index in [0.717, 1.165) is 21.6 Å². The Morgan fingerprint density at radius 2 is 1.47 bits per heavy atom. The first-order valence-corrected chi connectivity index (χ1v) is 12.3. The van der Waals surface area contributed by atoms with Gasteiger partial charge in [0, 0.05) is 22.0 Å². The fourth-order valence-corrected chi connectivity index (χ4v) is 6.30. The van der Waals surface area contributed by atoms with E-state index < -0.39 is 4.75 Å². The van der Waals surface area contributed by atoms with E-state index in [1.165, 1.54) is 0 Å². The van der Waals surface area contributed by atoms with Gasteiger partial charge in [-0.2, -0.15) is 0 Å². The highest BCUT2D eigenvalue weighted by molar-refractivity contribution is 8.01. The summed E-state index contributed by atoms with van der Waals surface area (Å²) in [6.45, 7) is 0.527. The topological polar surface area (TPSA) is 29.5 Å². The molecule has 4 aromatic carbocycles. The molecule has 1 amide bonds. The molecule has 34 heavy (non-hydrogen) atoms. The average molecular weight is 486 g/mol. The maximum Gasteiger partial charge on any atom is 0.247 e. The van der Waals surface area contributed by atoms with E-state index in [4.69, 9.17) is 16.3 Å². The summed E-state index contributed by atoms with van der Waals surface area (Å²) in [6.07, 6.45) is 0. The van der Waals surface area contributed by atoms with Crippen LogP contribution in [0.3, 0.4) is 0 Å². The number of para-hydroxylation sites is 1. The number of carbonyl (C=O) groups excluding carboxylic acids is 1. The number of likely N-dealkylation sites (tertiary alicyclic amines) is 1. The minimum absolute atomic E-state index is 0.0645. The van der Waals surface area contributed by atoms with Gasteiger partial charge in [-0.1, -0.05) is 90.5 Å². The number of methoxy groups -OCH3 is 1. The number of halogens is 1. The van der Waals surface area contributed by atoms with E-state index in [0.29, 0.717) is 17.3 Å². The van der Waals surface area contributed by atoms with Gasteiger partial charge in [0.25, 0.3) is 0 Å². The van der Waals surface area contributed by atoms with Crippen molar-refractivity contribution in [3.8, 4) is 5.75 Å². The predicted octanol–water partition coefficient (Wildman–Crippen LogP) is 7.12. The van der Waals surface area contributed by atoms with Gasteiger partial charge in [0.2, 0.25) is 5.91 Å². The number of thioether (sulfide) groups is 1. The first kappa shape index (κ1) is 22.6. The van der Waals surface area contributed by atoms with Crippen molar-refractivity contribution in [1.82, 2.24) is 4.90 Å². The van der Waals surface area contributed by atoms with Crippen molar-refractivity contribution in [2.45, 2.75) is 22.2 Å². The van der Waals surface area contributed by atoms with Gasteiger partial charge in [0.15, 0.2) is 4.75 Å². The van der Waals surface area contributed by atoms with Crippen molar-refractivity contribution >= 4 is 29.3 Å². The third kappa shape index (κ3) is 3.97. The second-order valence-corrected chi connectivity index (χ2v) is 9.98. The number of ether oxygens (including phenoxy) is 1. The Kier molecular flexibility index (Phi) is 6.36. The average Bonchev–Trinajstić information content (AvgIpc) is 2.89. The Morgan fingerprint density at radius 3 is 2.15 bits per heavy atom. The van der Waals surface area contributed by atoms with Crippen molar-refractivity contribution in [3.05, 3.63) is 131 Å². The third-order valence-corrected chi connectivity index (χ3v) is 7.89. The van der Waals surface area contributed by atoms with Crippen LogP contribution in [0.25, 0.3) is 0 Å². The molecule has 1 aliphatic rings. The Bertz CT molecular complexity index is 1280. The number of amides is 1. The molecule has 0 N–H and O–H groups in total. The molecule has 0 aromatic heterocycles. The van der Waals surface area contributed by atoms with E-state index in [1.54, 1.807) is 18.9 Å². The molecule has 4 aromatic rings. The third-order valence-electron chi connectivity index (χ3n) is 6.19.